The van der Waals surface area contributed by atoms with Crippen molar-refractivity contribution in [3.05, 3.63) is 71.4 Å². The maximum atomic E-state index is 13.1. The van der Waals surface area contributed by atoms with Gasteiger partial charge in [-0.3, -0.25) is 9.59 Å². The first kappa shape index (κ1) is 21.2. The molecule has 5 heteroatoms. The van der Waals surface area contributed by atoms with Gasteiger partial charge in [-0.25, -0.2) is 0 Å². The number of likely N-dealkylation sites (tertiary alicyclic amines) is 1. The summed E-state index contributed by atoms with van der Waals surface area (Å²) < 4.78 is 1.99. The van der Waals surface area contributed by atoms with E-state index in [0.717, 1.165) is 35.0 Å². The number of piperidine rings is 1. The van der Waals surface area contributed by atoms with E-state index in [0.29, 0.717) is 25.4 Å². The third kappa shape index (κ3) is 4.66. The van der Waals surface area contributed by atoms with E-state index in [4.69, 9.17) is 0 Å². The van der Waals surface area contributed by atoms with Gasteiger partial charge in [0.2, 0.25) is 5.91 Å². The van der Waals surface area contributed by atoms with E-state index in [1.165, 1.54) is 5.56 Å². The zero-order valence-electron chi connectivity index (χ0n) is 18.6. The molecule has 1 aliphatic heterocycles. The van der Waals surface area contributed by atoms with Crippen LogP contribution in [0.2, 0.25) is 0 Å². The Morgan fingerprint density at radius 2 is 1.77 bits per heavy atom. The zero-order valence-corrected chi connectivity index (χ0v) is 18.6. The summed E-state index contributed by atoms with van der Waals surface area (Å²) in [5, 5.41) is 4.21. The lowest BCUT2D eigenvalue weighted by molar-refractivity contribution is -0.122. The van der Waals surface area contributed by atoms with Crippen LogP contribution in [0.15, 0.2) is 54.6 Å². The molecule has 2 aromatic carbocycles. The second kappa shape index (κ2) is 8.96. The van der Waals surface area contributed by atoms with E-state index in [1.807, 2.05) is 59.8 Å². The third-order valence-electron chi connectivity index (χ3n) is 6.47. The zero-order chi connectivity index (χ0) is 22.0. The Morgan fingerprint density at radius 1 is 1.06 bits per heavy atom. The van der Waals surface area contributed by atoms with E-state index in [1.54, 1.807) is 0 Å². The molecule has 0 bridgehead atoms. The van der Waals surface area contributed by atoms with Crippen LogP contribution in [0.5, 0.6) is 0 Å². The molecule has 5 nitrogen and oxygen atoms in total. The van der Waals surface area contributed by atoms with Gasteiger partial charge in [-0.15, -0.1) is 0 Å². The van der Waals surface area contributed by atoms with Gasteiger partial charge in [-0.1, -0.05) is 42.0 Å². The van der Waals surface area contributed by atoms with Gasteiger partial charge < -0.3 is 14.8 Å². The number of aryl methyl sites for hydroxylation is 2. The molecular formula is C26H31N3O2. The topological polar surface area (TPSA) is 54.3 Å². The number of amides is 2. The third-order valence-corrected chi connectivity index (χ3v) is 6.47. The number of hydrogen-bond donors (Lipinski definition) is 1. The molecule has 1 fully saturated rings. The van der Waals surface area contributed by atoms with Crippen LogP contribution in [0, 0.1) is 12.8 Å². The number of carbonyl (C=O) groups excluding carboxylic acids is 2. The van der Waals surface area contributed by atoms with Crippen LogP contribution in [-0.2, 0) is 11.8 Å². The Balaban J connectivity index is 1.32. The molecular weight excluding hydrogens is 386 g/mol. The van der Waals surface area contributed by atoms with Crippen LogP contribution in [0.25, 0.3) is 10.9 Å². The van der Waals surface area contributed by atoms with Gasteiger partial charge in [-0.2, -0.15) is 0 Å². The summed E-state index contributed by atoms with van der Waals surface area (Å²) in [5.74, 6) is 0.490. The number of aromatic nitrogens is 1. The normalized spacial score (nSPS) is 15.8. The summed E-state index contributed by atoms with van der Waals surface area (Å²) in [6, 6.07) is 18.3. The molecule has 0 aliphatic carbocycles. The fourth-order valence-corrected chi connectivity index (χ4v) is 4.56. The average molecular weight is 418 g/mol. The van der Waals surface area contributed by atoms with Crippen molar-refractivity contribution in [3.63, 3.8) is 0 Å². The van der Waals surface area contributed by atoms with Gasteiger partial charge in [0.25, 0.3) is 5.91 Å². The van der Waals surface area contributed by atoms with Crippen LogP contribution in [0.1, 0.15) is 53.8 Å². The number of hydrogen-bond acceptors (Lipinski definition) is 2. The SMILES string of the molecule is Cc1ccc2c(c1)cc(C(=O)N1CCC(CC(=O)NC(C)c3ccccc3)CC1)n2C. The minimum atomic E-state index is 0.00507. The summed E-state index contributed by atoms with van der Waals surface area (Å²) in [6.07, 6.45) is 2.25. The molecule has 1 N–H and O–H groups in total. The number of nitrogens with one attached hydrogen (secondary N) is 1. The van der Waals surface area contributed by atoms with Gasteiger partial charge in [0.05, 0.1) is 6.04 Å². The lowest BCUT2D eigenvalue weighted by Gasteiger charge is -2.32. The van der Waals surface area contributed by atoms with Crippen molar-refractivity contribution in [2.75, 3.05) is 13.1 Å². The molecule has 0 radical (unpaired) electrons. The second-order valence-corrected chi connectivity index (χ2v) is 8.79. The summed E-state index contributed by atoms with van der Waals surface area (Å²) in [5.41, 5.74) is 4.11. The number of rotatable bonds is 5. The van der Waals surface area contributed by atoms with Crippen molar-refractivity contribution >= 4 is 22.7 Å². The highest BCUT2D eigenvalue weighted by Crippen LogP contribution is 2.25. The number of benzene rings is 2. The maximum absolute atomic E-state index is 13.1. The molecule has 2 heterocycles. The fraction of sp³-hybridized carbons (Fsp3) is 0.385. The molecule has 1 unspecified atom stereocenters. The fourth-order valence-electron chi connectivity index (χ4n) is 4.56. The first-order chi connectivity index (χ1) is 14.9. The molecule has 162 valence electrons. The van der Waals surface area contributed by atoms with Crippen LogP contribution in [-0.4, -0.2) is 34.4 Å². The minimum absolute atomic E-state index is 0.00507. The van der Waals surface area contributed by atoms with Crippen LogP contribution in [0.3, 0.4) is 0 Å². The first-order valence-corrected chi connectivity index (χ1v) is 11.1. The molecule has 1 aliphatic rings. The Labute approximate surface area is 184 Å². The lowest BCUT2D eigenvalue weighted by Crippen LogP contribution is -2.40. The monoisotopic (exact) mass is 417 g/mol. The number of nitrogens with zero attached hydrogens (tertiary/aromatic N) is 2. The smallest absolute Gasteiger partial charge is 0.270 e. The molecule has 0 saturated carbocycles. The molecule has 1 saturated heterocycles. The molecule has 1 atom stereocenters. The van der Waals surface area contributed by atoms with Crippen LogP contribution in [0.4, 0.5) is 0 Å². The van der Waals surface area contributed by atoms with E-state index >= 15 is 0 Å². The molecule has 3 aromatic rings. The summed E-state index contributed by atoms with van der Waals surface area (Å²) >= 11 is 0. The van der Waals surface area contributed by atoms with Crippen molar-refractivity contribution in [2.45, 2.75) is 39.2 Å². The van der Waals surface area contributed by atoms with Crippen molar-refractivity contribution < 1.29 is 9.59 Å². The Hall–Kier alpha value is -3.08. The molecule has 4 rings (SSSR count). The van der Waals surface area contributed by atoms with Crippen molar-refractivity contribution in [2.24, 2.45) is 13.0 Å². The van der Waals surface area contributed by atoms with Gasteiger partial charge in [0, 0.05) is 37.5 Å². The number of fused-ring (bicyclic) bond motifs is 1. The standard InChI is InChI=1S/C26H31N3O2/c1-18-9-10-23-22(15-18)17-24(28(23)3)26(31)29-13-11-20(12-14-29)16-25(30)27-19(2)21-7-5-4-6-8-21/h4-10,15,17,19-20H,11-14,16H2,1-3H3,(H,27,30). The van der Waals surface area contributed by atoms with Crippen molar-refractivity contribution in [1.29, 1.82) is 0 Å². The van der Waals surface area contributed by atoms with E-state index in [2.05, 4.69) is 30.4 Å². The lowest BCUT2D eigenvalue weighted by atomic mass is 9.92. The molecule has 2 amide bonds. The minimum Gasteiger partial charge on any atom is -0.350 e. The van der Waals surface area contributed by atoms with Crippen molar-refractivity contribution in [1.82, 2.24) is 14.8 Å². The summed E-state index contributed by atoms with van der Waals surface area (Å²) in [7, 11) is 1.95. The van der Waals surface area contributed by atoms with Gasteiger partial charge in [0.1, 0.15) is 5.69 Å². The molecule has 0 spiro atoms. The highest BCUT2D eigenvalue weighted by atomic mass is 16.2. The Bertz CT molecular complexity index is 1080. The van der Waals surface area contributed by atoms with Crippen LogP contribution < -0.4 is 5.32 Å². The quantitative estimate of drug-likeness (QED) is 0.659. The van der Waals surface area contributed by atoms with E-state index in [-0.39, 0.29) is 17.9 Å². The Morgan fingerprint density at radius 3 is 2.48 bits per heavy atom. The maximum Gasteiger partial charge on any atom is 0.270 e. The van der Waals surface area contributed by atoms with Crippen molar-refractivity contribution in [3.8, 4) is 0 Å². The van der Waals surface area contributed by atoms with Gasteiger partial charge in [0.15, 0.2) is 0 Å². The molecule has 31 heavy (non-hydrogen) atoms. The highest BCUT2D eigenvalue weighted by molar-refractivity contribution is 5.99. The van der Waals surface area contributed by atoms with Gasteiger partial charge in [-0.05, 0) is 56.4 Å². The summed E-state index contributed by atoms with van der Waals surface area (Å²) in [4.78, 5) is 27.6. The average Bonchev–Trinajstić information content (AvgIpc) is 3.09. The highest BCUT2D eigenvalue weighted by Gasteiger charge is 2.27. The van der Waals surface area contributed by atoms with E-state index < -0.39 is 0 Å². The predicted molar refractivity (Wildman–Crippen MR) is 124 cm³/mol. The van der Waals surface area contributed by atoms with E-state index in [9.17, 15) is 9.59 Å². The number of carbonyl (C=O) groups is 2. The predicted octanol–water partition coefficient (Wildman–Crippen LogP) is 4.61. The second-order valence-electron chi connectivity index (χ2n) is 8.79. The summed E-state index contributed by atoms with van der Waals surface area (Å²) in [6.45, 7) is 5.48. The van der Waals surface area contributed by atoms with Crippen LogP contribution >= 0.6 is 0 Å². The molecule has 1 aromatic heterocycles. The first-order valence-electron chi connectivity index (χ1n) is 11.1. The van der Waals surface area contributed by atoms with Gasteiger partial charge >= 0.3 is 0 Å². The largest absolute Gasteiger partial charge is 0.350 e. The Kier molecular flexibility index (Phi) is 6.12.